The van der Waals surface area contributed by atoms with Crippen molar-refractivity contribution in [2.45, 2.75) is 6.42 Å². The van der Waals surface area contributed by atoms with Crippen molar-refractivity contribution in [3.05, 3.63) is 60.2 Å². The van der Waals surface area contributed by atoms with Crippen LogP contribution in [0.2, 0.25) is 0 Å². The quantitative estimate of drug-likeness (QED) is 0.587. The number of hydrogen-bond acceptors (Lipinski definition) is 5. The number of likely N-dealkylation sites (N-methyl/N-ethyl adjacent to an activating group) is 1. The third-order valence-electron chi connectivity index (χ3n) is 5.36. The van der Waals surface area contributed by atoms with Crippen LogP contribution in [-0.4, -0.2) is 61.2 Å². The molecule has 0 bridgehead atoms. The van der Waals surface area contributed by atoms with Crippen LogP contribution in [-0.2, 0) is 0 Å². The van der Waals surface area contributed by atoms with E-state index in [4.69, 9.17) is 4.74 Å². The number of piperazine rings is 1. The van der Waals surface area contributed by atoms with Crippen LogP contribution < -0.4 is 10.1 Å². The molecule has 0 radical (unpaired) electrons. The van der Waals surface area contributed by atoms with Gasteiger partial charge in [0, 0.05) is 49.9 Å². The standard InChI is InChI=1S/C23H26F2N4O/c1-28-11-13-29(14-12-28)10-3-15-30-22-5-2-4-21-18(22)7-9-23(27-21)26-17-6-8-19(24)20(25)16-17/h2,4-9,16H,3,10-15H2,1H3,(H,26,27). The van der Waals surface area contributed by atoms with Gasteiger partial charge in [-0.2, -0.15) is 0 Å². The highest BCUT2D eigenvalue weighted by Gasteiger charge is 2.13. The number of ether oxygens (including phenoxy) is 1. The van der Waals surface area contributed by atoms with Gasteiger partial charge in [-0.1, -0.05) is 6.07 Å². The second-order valence-corrected chi connectivity index (χ2v) is 7.62. The number of benzene rings is 2. The van der Waals surface area contributed by atoms with Gasteiger partial charge in [0.15, 0.2) is 11.6 Å². The Labute approximate surface area is 175 Å². The van der Waals surface area contributed by atoms with E-state index in [0.29, 0.717) is 18.1 Å². The summed E-state index contributed by atoms with van der Waals surface area (Å²) in [5.74, 6) is -0.409. The summed E-state index contributed by atoms with van der Waals surface area (Å²) >= 11 is 0. The number of nitrogens with one attached hydrogen (secondary N) is 1. The van der Waals surface area contributed by atoms with E-state index in [0.717, 1.165) is 67.9 Å². The summed E-state index contributed by atoms with van der Waals surface area (Å²) in [4.78, 5) is 9.40. The molecular weight excluding hydrogens is 386 g/mol. The summed E-state index contributed by atoms with van der Waals surface area (Å²) in [6.07, 6.45) is 0.975. The zero-order valence-corrected chi connectivity index (χ0v) is 17.1. The Morgan fingerprint density at radius 2 is 1.83 bits per heavy atom. The zero-order valence-electron chi connectivity index (χ0n) is 17.1. The Morgan fingerprint density at radius 1 is 1.00 bits per heavy atom. The minimum absolute atomic E-state index is 0.442. The van der Waals surface area contributed by atoms with Gasteiger partial charge in [-0.25, -0.2) is 13.8 Å². The van der Waals surface area contributed by atoms with Gasteiger partial charge in [0.2, 0.25) is 0 Å². The molecule has 1 saturated heterocycles. The van der Waals surface area contributed by atoms with Crippen molar-refractivity contribution in [2.75, 3.05) is 51.7 Å². The molecule has 1 N–H and O–H groups in total. The largest absolute Gasteiger partial charge is 0.493 e. The molecule has 1 aromatic heterocycles. The first-order valence-electron chi connectivity index (χ1n) is 10.2. The van der Waals surface area contributed by atoms with Crippen molar-refractivity contribution in [3.63, 3.8) is 0 Å². The van der Waals surface area contributed by atoms with Crippen LogP contribution in [0.3, 0.4) is 0 Å². The van der Waals surface area contributed by atoms with Gasteiger partial charge in [-0.05, 0) is 49.9 Å². The molecule has 0 spiro atoms. The van der Waals surface area contributed by atoms with E-state index in [1.807, 2.05) is 24.3 Å². The van der Waals surface area contributed by atoms with Gasteiger partial charge < -0.3 is 19.9 Å². The van der Waals surface area contributed by atoms with Gasteiger partial charge in [-0.15, -0.1) is 0 Å². The van der Waals surface area contributed by atoms with E-state index < -0.39 is 11.6 Å². The third kappa shape index (κ3) is 5.04. The number of anilines is 2. The Hall–Kier alpha value is -2.77. The normalized spacial score (nSPS) is 15.4. The molecule has 1 aliphatic rings. The van der Waals surface area contributed by atoms with E-state index in [1.165, 1.54) is 6.07 Å². The fourth-order valence-corrected chi connectivity index (χ4v) is 3.59. The highest BCUT2D eigenvalue weighted by atomic mass is 19.2. The average Bonchev–Trinajstić information content (AvgIpc) is 2.75. The molecule has 0 unspecified atom stereocenters. The number of pyridine rings is 1. The Kier molecular flexibility index (Phi) is 6.40. The zero-order chi connectivity index (χ0) is 20.9. The van der Waals surface area contributed by atoms with Crippen molar-refractivity contribution in [2.24, 2.45) is 0 Å². The van der Waals surface area contributed by atoms with Gasteiger partial charge in [-0.3, -0.25) is 0 Å². The number of fused-ring (bicyclic) bond motifs is 1. The van der Waals surface area contributed by atoms with Crippen molar-refractivity contribution in [3.8, 4) is 5.75 Å². The van der Waals surface area contributed by atoms with E-state index >= 15 is 0 Å². The molecule has 158 valence electrons. The molecule has 7 heteroatoms. The molecular formula is C23H26F2N4O. The number of aromatic nitrogens is 1. The van der Waals surface area contributed by atoms with Crippen LogP contribution in [0.15, 0.2) is 48.5 Å². The van der Waals surface area contributed by atoms with Crippen LogP contribution in [0.4, 0.5) is 20.3 Å². The van der Waals surface area contributed by atoms with Crippen molar-refractivity contribution in [1.29, 1.82) is 0 Å². The summed E-state index contributed by atoms with van der Waals surface area (Å²) in [6.45, 7) is 6.16. The van der Waals surface area contributed by atoms with E-state index in [-0.39, 0.29) is 0 Å². The minimum Gasteiger partial charge on any atom is -0.493 e. The number of rotatable bonds is 7. The van der Waals surface area contributed by atoms with Crippen molar-refractivity contribution in [1.82, 2.24) is 14.8 Å². The van der Waals surface area contributed by atoms with Crippen molar-refractivity contribution < 1.29 is 13.5 Å². The Bertz CT molecular complexity index is 1010. The highest BCUT2D eigenvalue weighted by molar-refractivity contribution is 5.86. The highest BCUT2D eigenvalue weighted by Crippen LogP contribution is 2.27. The molecule has 4 rings (SSSR count). The number of nitrogens with zero attached hydrogens (tertiary/aromatic N) is 3. The summed E-state index contributed by atoms with van der Waals surface area (Å²) in [5, 5.41) is 3.93. The average molecular weight is 412 g/mol. The predicted molar refractivity (Wildman–Crippen MR) is 115 cm³/mol. The fraction of sp³-hybridized carbons (Fsp3) is 0.348. The lowest BCUT2D eigenvalue weighted by atomic mass is 10.2. The molecule has 0 atom stereocenters. The third-order valence-corrected chi connectivity index (χ3v) is 5.36. The summed E-state index contributed by atoms with van der Waals surface area (Å²) < 4.78 is 32.5. The lowest BCUT2D eigenvalue weighted by Gasteiger charge is -2.32. The molecule has 2 aromatic carbocycles. The molecule has 2 heterocycles. The lowest BCUT2D eigenvalue weighted by molar-refractivity contribution is 0.145. The lowest BCUT2D eigenvalue weighted by Crippen LogP contribution is -2.44. The molecule has 1 aliphatic heterocycles. The minimum atomic E-state index is -0.895. The molecule has 30 heavy (non-hydrogen) atoms. The van der Waals surface area contributed by atoms with Crippen LogP contribution in [0, 0.1) is 11.6 Å². The van der Waals surface area contributed by atoms with E-state index in [1.54, 1.807) is 6.07 Å². The van der Waals surface area contributed by atoms with Crippen LogP contribution >= 0.6 is 0 Å². The van der Waals surface area contributed by atoms with Gasteiger partial charge >= 0.3 is 0 Å². The maximum Gasteiger partial charge on any atom is 0.160 e. The fourth-order valence-electron chi connectivity index (χ4n) is 3.59. The number of halogens is 2. The molecule has 0 aliphatic carbocycles. The SMILES string of the molecule is CN1CCN(CCCOc2cccc3nc(Nc4ccc(F)c(F)c4)ccc23)CC1. The molecule has 5 nitrogen and oxygen atoms in total. The van der Waals surface area contributed by atoms with E-state index in [2.05, 4.69) is 27.1 Å². The second kappa shape index (κ2) is 9.36. The Balaban J connectivity index is 1.37. The molecule has 1 fully saturated rings. The van der Waals surface area contributed by atoms with E-state index in [9.17, 15) is 8.78 Å². The topological polar surface area (TPSA) is 40.6 Å². The smallest absolute Gasteiger partial charge is 0.160 e. The number of hydrogen-bond donors (Lipinski definition) is 1. The van der Waals surface area contributed by atoms with Gasteiger partial charge in [0.25, 0.3) is 0 Å². The molecule has 3 aromatic rings. The van der Waals surface area contributed by atoms with Crippen molar-refractivity contribution >= 4 is 22.4 Å². The van der Waals surface area contributed by atoms with Gasteiger partial charge in [0.05, 0.1) is 12.1 Å². The Morgan fingerprint density at radius 3 is 2.63 bits per heavy atom. The molecule has 0 amide bonds. The summed E-state index contributed by atoms with van der Waals surface area (Å²) in [5.41, 5.74) is 1.22. The maximum absolute atomic E-state index is 13.4. The maximum atomic E-state index is 13.4. The van der Waals surface area contributed by atoms with Gasteiger partial charge in [0.1, 0.15) is 11.6 Å². The first kappa shape index (κ1) is 20.5. The van der Waals surface area contributed by atoms with Crippen LogP contribution in [0.25, 0.3) is 10.9 Å². The summed E-state index contributed by atoms with van der Waals surface area (Å²) in [7, 11) is 2.16. The van der Waals surface area contributed by atoms with Crippen LogP contribution in [0.1, 0.15) is 6.42 Å². The summed E-state index contributed by atoms with van der Waals surface area (Å²) in [6, 6.07) is 13.2. The monoisotopic (exact) mass is 412 g/mol. The first-order valence-corrected chi connectivity index (χ1v) is 10.2. The predicted octanol–water partition coefficient (Wildman–Crippen LogP) is 4.27. The first-order chi connectivity index (χ1) is 14.6. The molecule has 0 saturated carbocycles. The second-order valence-electron chi connectivity index (χ2n) is 7.62. The van der Waals surface area contributed by atoms with Crippen LogP contribution in [0.5, 0.6) is 5.75 Å².